The van der Waals surface area contributed by atoms with Crippen molar-refractivity contribution in [3.05, 3.63) is 6.20 Å². The molecule has 0 spiro atoms. The fourth-order valence-corrected chi connectivity index (χ4v) is 5.08. The molecule has 0 bridgehead atoms. The van der Waals surface area contributed by atoms with Crippen molar-refractivity contribution in [3.63, 3.8) is 0 Å². The Morgan fingerprint density at radius 3 is 2.74 bits per heavy atom. The number of aromatic nitrogens is 2. The second kappa shape index (κ2) is 4.76. The van der Waals surface area contributed by atoms with Crippen LogP contribution in [0.4, 0.5) is 5.82 Å². The molecule has 0 aromatic carbocycles. The third-order valence-electron chi connectivity index (χ3n) is 2.92. The van der Waals surface area contributed by atoms with E-state index in [2.05, 4.69) is 9.82 Å². The molecule has 0 aliphatic carbocycles. The van der Waals surface area contributed by atoms with E-state index in [4.69, 9.17) is 5.73 Å². The summed E-state index contributed by atoms with van der Waals surface area (Å²) in [4.78, 5) is -0.112. The molecule has 1 atom stereocenters. The summed E-state index contributed by atoms with van der Waals surface area (Å²) >= 11 is 0. The summed E-state index contributed by atoms with van der Waals surface area (Å²) in [5.74, 6) is -0.256. The molecule has 1 aromatic rings. The molecular weight excluding hydrogens is 292 g/mol. The van der Waals surface area contributed by atoms with Gasteiger partial charge in [-0.25, -0.2) is 21.6 Å². The molecule has 108 valence electrons. The second-order valence-corrected chi connectivity index (χ2v) is 8.37. The van der Waals surface area contributed by atoms with Gasteiger partial charge in [0.05, 0.1) is 11.5 Å². The first-order valence-electron chi connectivity index (χ1n) is 5.79. The number of sulfone groups is 1. The van der Waals surface area contributed by atoms with Crippen molar-refractivity contribution >= 4 is 25.7 Å². The number of sulfonamides is 1. The van der Waals surface area contributed by atoms with Crippen LogP contribution < -0.4 is 10.5 Å². The minimum absolute atomic E-state index is 0.00386. The second-order valence-electron chi connectivity index (χ2n) is 4.46. The van der Waals surface area contributed by atoms with Crippen molar-refractivity contribution in [3.8, 4) is 0 Å². The molecule has 1 unspecified atom stereocenters. The SMILES string of the molecule is CCn1cc(S(=O)(=O)NC2CCS(=O)(=O)C2)c(N)n1. The van der Waals surface area contributed by atoms with E-state index in [1.165, 1.54) is 10.9 Å². The predicted octanol–water partition coefficient (Wildman–Crippen LogP) is -1.05. The zero-order valence-corrected chi connectivity index (χ0v) is 12.0. The summed E-state index contributed by atoms with van der Waals surface area (Å²) in [6.45, 7) is 2.30. The standard InChI is InChI=1S/C9H16N4O4S2/c1-2-13-5-8(9(10)11-13)19(16,17)12-7-3-4-18(14,15)6-7/h5,7,12H,2-4,6H2,1H3,(H2,10,11). The Bertz CT molecular complexity index is 677. The molecule has 0 radical (unpaired) electrons. The van der Waals surface area contributed by atoms with Gasteiger partial charge in [-0.2, -0.15) is 5.10 Å². The van der Waals surface area contributed by atoms with Gasteiger partial charge in [0.25, 0.3) is 0 Å². The molecule has 0 amide bonds. The van der Waals surface area contributed by atoms with Gasteiger partial charge < -0.3 is 5.73 Å². The molecular formula is C9H16N4O4S2. The summed E-state index contributed by atoms with van der Waals surface area (Å²) in [7, 11) is -6.98. The van der Waals surface area contributed by atoms with Crippen LogP contribution in [0.5, 0.6) is 0 Å². The Hall–Kier alpha value is -1.13. The first-order valence-corrected chi connectivity index (χ1v) is 9.09. The molecule has 19 heavy (non-hydrogen) atoms. The van der Waals surface area contributed by atoms with Gasteiger partial charge in [-0.3, -0.25) is 4.68 Å². The van der Waals surface area contributed by atoms with Crippen LogP contribution in [0.15, 0.2) is 11.1 Å². The maximum atomic E-state index is 12.1. The maximum absolute atomic E-state index is 12.1. The van der Waals surface area contributed by atoms with E-state index in [1.807, 2.05) is 0 Å². The molecule has 1 fully saturated rings. The molecule has 1 saturated heterocycles. The van der Waals surface area contributed by atoms with Crippen LogP contribution in [0.3, 0.4) is 0 Å². The van der Waals surface area contributed by atoms with Crippen LogP contribution in [0.1, 0.15) is 13.3 Å². The van der Waals surface area contributed by atoms with E-state index < -0.39 is 25.9 Å². The smallest absolute Gasteiger partial charge is 0.246 e. The molecule has 3 N–H and O–H groups in total. The lowest BCUT2D eigenvalue weighted by atomic mass is 10.3. The quantitative estimate of drug-likeness (QED) is 0.731. The number of hydrogen-bond donors (Lipinski definition) is 2. The highest BCUT2D eigenvalue weighted by molar-refractivity contribution is 7.92. The number of hydrogen-bond acceptors (Lipinski definition) is 6. The van der Waals surface area contributed by atoms with Crippen molar-refractivity contribution in [1.82, 2.24) is 14.5 Å². The Labute approximate surface area is 111 Å². The third kappa shape index (κ3) is 3.07. The van der Waals surface area contributed by atoms with Crippen molar-refractivity contribution in [1.29, 1.82) is 0 Å². The predicted molar refractivity (Wildman–Crippen MR) is 69.7 cm³/mol. The summed E-state index contributed by atoms with van der Waals surface area (Å²) in [6, 6.07) is -0.598. The van der Waals surface area contributed by atoms with Gasteiger partial charge in [0.2, 0.25) is 10.0 Å². The zero-order chi connectivity index (χ0) is 14.3. The molecule has 8 nitrogen and oxygen atoms in total. The van der Waals surface area contributed by atoms with Crippen molar-refractivity contribution in [2.45, 2.75) is 30.8 Å². The van der Waals surface area contributed by atoms with Crippen LogP contribution in [0.25, 0.3) is 0 Å². The van der Waals surface area contributed by atoms with E-state index >= 15 is 0 Å². The topological polar surface area (TPSA) is 124 Å². The van der Waals surface area contributed by atoms with Crippen LogP contribution in [-0.4, -0.2) is 44.2 Å². The average Bonchev–Trinajstić information content (AvgIpc) is 2.81. The van der Waals surface area contributed by atoms with Crippen LogP contribution in [0.2, 0.25) is 0 Å². The highest BCUT2D eigenvalue weighted by Crippen LogP contribution is 2.19. The minimum Gasteiger partial charge on any atom is -0.381 e. The number of nitrogens with two attached hydrogens (primary N) is 1. The summed E-state index contributed by atoms with van der Waals surface area (Å²) in [6.07, 6.45) is 1.62. The zero-order valence-electron chi connectivity index (χ0n) is 10.4. The summed E-state index contributed by atoms with van der Waals surface area (Å²) in [5.41, 5.74) is 5.56. The van der Waals surface area contributed by atoms with Gasteiger partial charge in [-0.1, -0.05) is 0 Å². The first-order chi connectivity index (χ1) is 8.73. The fourth-order valence-electron chi connectivity index (χ4n) is 1.96. The van der Waals surface area contributed by atoms with Crippen molar-refractivity contribution < 1.29 is 16.8 Å². The first kappa shape index (κ1) is 14.3. The van der Waals surface area contributed by atoms with Gasteiger partial charge >= 0.3 is 0 Å². The van der Waals surface area contributed by atoms with Gasteiger partial charge in [0.15, 0.2) is 15.7 Å². The van der Waals surface area contributed by atoms with E-state index in [0.717, 1.165) is 0 Å². The van der Waals surface area contributed by atoms with Crippen molar-refractivity contribution in [2.75, 3.05) is 17.2 Å². The average molecular weight is 308 g/mol. The Balaban J connectivity index is 2.21. The summed E-state index contributed by atoms with van der Waals surface area (Å²) in [5, 5.41) is 3.86. The lowest BCUT2D eigenvalue weighted by Crippen LogP contribution is -2.35. The molecule has 10 heteroatoms. The van der Waals surface area contributed by atoms with E-state index in [-0.39, 0.29) is 28.6 Å². The monoisotopic (exact) mass is 308 g/mol. The molecule has 2 rings (SSSR count). The van der Waals surface area contributed by atoms with Crippen LogP contribution in [0, 0.1) is 0 Å². The number of nitrogens with zero attached hydrogens (tertiary/aromatic N) is 2. The molecule has 2 heterocycles. The fraction of sp³-hybridized carbons (Fsp3) is 0.667. The van der Waals surface area contributed by atoms with Gasteiger partial charge in [-0.15, -0.1) is 0 Å². The number of nitrogens with one attached hydrogen (secondary N) is 1. The van der Waals surface area contributed by atoms with Crippen LogP contribution in [-0.2, 0) is 26.4 Å². The molecule has 1 aromatic heterocycles. The number of rotatable bonds is 4. The normalized spacial score (nSPS) is 22.7. The number of anilines is 1. The highest BCUT2D eigenvalue weighted by Gasteiger charge is 2.32. The van der Waals surface area contributed by atoms with Gasteiger partial charge in [0, 0.05) is 18.8 Å². The molecule has 1 aliphatic heterocycles. The highest BCUT2D eigenvalue weighted by atomic mass is 32.2. The van der Waals surface area contributed by atoms with Crippen LogP contribution >= 0.6 is 0 Å². The molecule has 0 saturated carbocycles. The Kier molecular flexibility index (Phi) is 3.58. The summed E-state index contributed by atoms with van der Waals surface area (Å²) < 4.78 is 50.6. The van der Waals surface area contributed by atoms with E-state index in [9.17, 15) is 16.8 Å². The Morgan fingerprint density at radius 1 is 1.58 bits per heavy atom. The largest absolute Gasteiger partial charge is 0.381 e. The van der Waals surface area contributed by atoms with E-state index in [0.29, 0.717) is 6.54 Å². The Morgan fingerprint density at radius 2 is 2.26 bits per heavy atom. The molecule has 1 aliphatic rings. The maximum Gasteiger partial charge on any atom is 0.246 e. The van der Waals surface area contributed by atoms with E-state index in [1.54, 1.807) is 6.92 Å². The minimum atomic E-state index is -3.84. The van der Waals surface area contributed by atoms with Gasteiger partial charge in [0.1, 0.15) is 4.90 Å². The third-order valence-corrected chi connectivity index (χ3v) is 6.23. The lowest BCUT2D eigenvalue weighted by molar-refractivity contribution is 0.562. The number of nitrogen functional groups attached to an aromatic ring is 1. The van der Waals surface area contributed by atoms with Gasteiger partial charge in [-0.05, 0) is 13.3 Å². The number of aryl methyl sites for hydroxylation is 1. The van der Waals surface area contributed by atoms with Crippen molar-refractivity contribution in [2.24, 2.45) is 0 Å². The lowest BCUT2D eigenvalue weighted by Gasteiger charge is -2.10.